The van der Waals surface area contributed by atoms with Crippen LogP contribution in [0.1, 0.15) is 0 Å². The van der Waals surface area contributed by atoms with E-state index in [4.69, 9.17) is 5.73 Å². The fraction of sp³-hybridized carbons (Fsp3) is 0. The van der Waals surface area contributed by atoms with E-state index in [0.717, 1.165) is 17.8 Å². The molecular formula is C12H7F2N3OS. The van der Waals surface area contributed by atoms with Gasteiger partial charge in [0.1, 0.15) is 11.6 Å². The Bertz CT molecular complexity index is 760. The molecule has 0 aliphatic rings. The molecule has 0 radical (unpaired) electrons. The second-order valence-electron chi connectivity index (χ2n) is 3.79. The predicted molar refractivity (Wildman–Crippen MR) is 66.7 cm³/mol. The topological polar surface area (TPSA) is 64.9 Å². The molecule has 2 N–H and O–H groups in total. The number of anilines is 1. The van der Waals surface area contributed by atoms with Crippen molar-refractivity contribution in [1.82, 2.24) is 10.3 Å². The van der Waals surface area contributed by atoms with Crippen molar-refractivity contribution in [3.63, 3.8) is 0 Å². The van der Waals surface area contributed by atoms with Crippen LogP contribution in [0.4, 0.5) is 14.5 Å². The first-order valence-corrected chi connectivity index (χ1v) is 6.10. The number of hydrogen-bond acceptors (Lipinski definition) is 5. The Balaban J connectivity index is 2.06. The highest BCUT2D eigenvalue weighted by molar-refractivity contribution is 7.99. The van der Waals surface area contributed by atoms with Crippen molar-refractivity contribution in [2.75, 3.05) is 5.73 Å². The molecule has 4 nitrogen and oxygen atoms in total. The summed E-state index contributed by atoms with van der Waals surface area (Å²) in [6.45, 7) is 0. The first-order chi connectivity index (χ1) is 9.15. The summed E-state index contributed by atoms with van der Waals surface area (Å²) in [6, 6.07) is 6.72. The van der Waals surface area contributed by atoms with Gasteiger partial charge in [-0.1, -0.05) is 11.8 Å². The molecule has 96 valence electrons. The fourth-order valence-corrected chi connectivity index (χ4v) is 2.52. The van der Waals surface area contributed by atoms with Crippen LogP contribution in [0.15, 0.2) is 44.8 Å². The zero-order valence-electron chi connectivity index (χ0n) is 9.43. The van der Waals surface area contributed by atoms with E-state index >= 15 is 0 Å². The molecule has 2 aromatic carbocycles. The van der Waals surface area contributed by atoms with E-state index in [1.807, 2.05) is 0 Å². The Hall–Kier alpha value is -2.15. The minimum absolute atomic E-state index is 0.287. The zero-order valence-corrected chi connectivity index (χ0v) is 10.2. The van der Waals surface area contributed by atoms with Gasteiger partial charge in [0.2, 0.25) is 0 Å². The maximum Gasteiger partial charge on any atom is 0.159 e. The summed E-state index contributed by atoms with van der Waals surface area (Å²) in [6.07, 6.45) is 0. The molecular weight excluding hydrogens is 272 g/mol. The number of benzene rings is 2. The van der Waals surface area contributed by atoms with Gasteiger partial charge >= 0.3 is 0 Å². The highest BCUT2D eigenvalue weighted by Crippen LogP contribution is 2.35. The molecule has 0 aliphatic carbocycles. The van der Waals surface area contributed by atoms with Gasteiger partial charge in [0.25, 0.3) is 0 Å². The lowest BCUT2D eigenvalue weighted by molar-refractivity contribution is 0.315. The van der Waals surface area contributed by atoms with Crippen LogP contribution in [0.5, 0.6) is 0 Å². The van der Waals surface area contributed by atoms with Crippen molar-refractivity contribution in [3.8, 4) is 0 Å². The van der Waals surface area contributed by atoms with E-state index in [9.17, 15) is 8.78 Å². The standard InChI is InChI=1S/C12H7F2N3OS/c13-6-1-3-9(7(14)5-6)19-10-4-2-8(15)11-12(10)17-18-16-11/h1-5H,15H2. The van der Waals surface area contributed by atoms with Gasteiger partial charge in [0, 0.05) is 15.9 Å². The number of hydrogen-bond donors (Lipinski definition) is 1. The molecule has 1 heterocycles. The minimum Gasteiger partial charge on any atom is -0.397 e. The van der Waals surface area contributed by atoms with Gasteiger partial charge in [-0.25, -0.2) is 13.4 Å². The van der Waals surface area contributed by atoms with Crippen molar-refractivity contribution in [2.45, 2.75) is 9.79 Å². The molecule has 3 aromatic rings. The highest BCUT2D eigenvalue weighted by atomic mass is 32.2. The lowest BCUT2D eigenvalue weighted by atomic mass is 10.3. The summed E-state index contributed by atoms with van der Waals surface area (Å²) in [4.78, 5) is 0.923. The maximum absolute atomic E-state index is 13.6. The molecule has 0 aliphatic heterocycles. The van der Waals surface area contributed by atoms with Crippen LogP contribution in [0.3, 0.4) is 0 Å². The molecule has 0 spiro atoms. The summed E-state index contributed by atoms with van der Waals surface area (Å²) < 4.78 is 31.1. The van der Waals surface area contributed by atoms with E-state index in [1.165, 1.54) is 12.1 Å². The molecule has 1 aromatic heterocycles. The van der Waals surface area contributed by atoms with Crippen LogP contribution in [-0.4, -0.2) is 10.3 Å². The zero-order chi connectivity index (χ0) is 13.4. The summed E-state index contributed by atoms with van der Waals surface area (Å²) in [5.41, 5.74) is 7.02. The Morgan fingerprint density at radius 2 is 1.74 bits per heavy atom. The van der Waals surface area contributed by atoms with E-state index in [0.29, 0.717) is 21.6 Å². The van der Waals surface area contributed by atoms with Crippen molar-refractivity contribution in [3.05, 3.63) is 42.0 Å². The SMILES string of the molecule is Nc1ccc(Sc2ccc(F)cc2F)c2nonc12. The lowest BCUT2D eigenvalue weighted by Crippen LogP contribution is -1.88. The normalized spacial score (nSPS) is 11.1. The number of aromatic nitrogens is 2. The first-order valence-electron chi connectivity index (χ1n) is 5.29. The minimum atomic E-state index is -0.633. The van der Waals surface area contributed by atoms with E-state index in [1.54, 1.807) is 12.1 Å². The van der Waals surface area contributed by atoms with Gasteiger partial charge in [-0.3, -0.25) is 0 Å². The smallest absolute Gasteiger partial charge is 0.159 e. The quantitative estimate of drug-likeness (QED) is 0.729. The third kappa shape index (κ3) is 2.12. The summed E-state index contributed by atoms with van der Waals surface area (Å²) in [5.74, 6) is -1.25. The largest absolute Gasteiger partial charge is 0.397 e. The Labute approximate surface area is 110 Å². The number of fused-ring (bicyclic) bond motifs is 1. The van der Waals surface area contributed by atoms with Crippen LogP contribution in [0, 0.1) is 11.6 Å². The average molecular weight is 279 g/mol. The summed E-state index contributed by atoms with van der Waals surface area (Å²) in [7, 11) is 0. The van der Waals surface area contributed by atoms with Gasteiger partial charge in [-0.15, -0.1) is 0 Å². The summed E-state index contributed by atoms with van der Waals surface area (Å²) in [5, 5.41) is 7.42. The Morgan fingerprint density at radius 1 is 1.00 bits per heavy atom. The number of nitrogen functional groups attached to an aromatic ring is 1. The molecule has 0 bridgehead atoms. The maximum atomic E-state index is 13.6. The Kier molecular flexibility index (Phi) is 2.83. The molecule has 0 fully saturated rings. The molecule has 0 saturated carbocycles. The van der Waals surface area contributed by atoms with Gasteiger partial charge in [0.15, 0.2) is 11.0 Å². The second-order valence-corrected chi connectivity index (χ2v) is 4.87. The van der Waals surface area contributed by atoms with Crippen LogP contribution in [0.2, 0.25) is 0 Å². The monoisotopic (exact) mass is 279 g/mol. The van der Waals surface area contributed by atoms with Crippen molar-refractivity contribution in [2.24, 2.45) is 0 Å². The number of nitrogens with two attached hydrogens (primary N) is 1. The van der Waals surface area contributed by atoms with Gasteiger partial charge < -0.3 is 5.73 Å². The summed E-state index contributed by atoms with van der Waals surface area (Å²) >= 11 is 1.11. The van der Waals surface area contributed by atoms with Crippen LogP contribution < -0.4 is 5.73 Å². The lowest BCUT2D eigenvalue weighted by Gasteiger charge is -2.04. The first kappa shape index (κ1) is 11.9. The van der Waals surface area contributed by atoms with Crippen molar-refractivity contribution in [1.29, 1.82) is 0 Å². The van der Waals surface area contributed by atoms with E-state index < -0.39 is 11.6 Å². The van der Waals surface area contributed by atoms with Crippen LogP contribution in [0.25, 0.3) is 11.0 Å². The number of rotatable bonds is 2. The predicted octanol–water partition coefficient (Wildman–Crippen LogP) is 3.23. The van der Waals surface area contributed by atoms with Crippen molar-refractivity contribution >= 4 is 28.5 Å². The molecule has 3 rings (SSSR count). The molecule has 0 unspecified atom stereocenters. The van der Waals surface area contributed by atoms with Gasteiger partial charge in [-0.2, -0.15) is 0 Å². The number of halogens is 2. The molecule has 0 amide bonds. The molecule has 19 heavy (non-hydrogen) atoms. The van der Waals surface area contributed by atoms with E-state index in [-0.39, 0.29) is 4.90 Å². The fourth-order valence-electron chi connectivity index (χ4n) is 1.62. The molecule has 0 saturated heterocycles. The highest BCUT2D eigenvalue weighted by Gasteiger charge is 2.13. The number of nitrogens with zero attached hydrogens (tertiary/aromatic N) is 2. The molecule has 7 heteroatoms. The van der Waals surface area contributed by atoms with Crippen molar-refractivity contribution < 1.29 is 13.4 Å². The van der Waals surface area contributed by atoms with Crippen LogP contribution in [-0.2, 0) is 0 Å². The third-order valence-corrected chi connectivity index (χ3v) is 3.62. The molecule has 0 atom stereocenters. The second kappa shape index (κ2) is 4.51. The Morgan fingerprint density at radius 3 is 2.53 bits per heavy atom. The van der Waals surface area contributed by atoms with E-state index in [2.05, 4.69) is 14.9 Å². The van der Waals surface area contributed by atoms with Crippen LogP contribution >= 0.6 is 11.8 Å². The average Bonchev–Trinajstić information content (AvgIpc) is 2.86. The van der Waals surface area contributed by atoms with Gasteiger partial charge in [0.05, 0.1) is 5.69 Å². The van der Waals surface area contributed by atoms with Gasteiger partial charge in [-0.05, 0) is 34.6 Å². The third-order valence-electron chi connectivity index (χ3n) is 2.52.